The highest BCUT2D eigenvalue weighted by molar-refractivity contribution is 8.00. The van der Waals surface area contributed by atoms with Crippen LogP contribution in [0.25, 0.3) is 55.0 Å². The first kappa shape index (κ1) is 82.5. The number of hydrogen-bond donors (Lipinski definition) is 0. The Balaban J connectivity index is 0.000000107. The van der Waals surface area contributed by atoms with Gasteiger partial charge in [0.1, 0.15) is 11.5 Å². The third-order valence-electron chi connectivity index (χ3n) is 23.1. The van der Waals surface area contributed by atoms with Crippen molar-refractivity contribution in [1.82, 2.24) is 9.13 Å². The first-order chi connectivity index (χ1) is 60.1. The van der Waals surface area contributed by atoms with E-state index < -0.39 is 0 Å². The van der Waals surface area contributed by atoms with Crippen LogP contribution >= 0.6 is 23.5 Å². The number of aromatic nitrogens is 2. The number of benzene rings is 16. The summed E-state index contributed by atoms with van der Waals surface area (Å²) in [6.07, 6.45) is 0. The second-order valence-electron chi connectivity index (χ2n) is 33.7. The molecule has 10 nitrogen and oxygen atoms in total. The molecule has 4 aliphatic heterocycles. The smallest absolute Gasteiger partial charge is 0.151 e. The molecule has 616 valence electrons. The number of aryl methyl sites for hydroxylation is 4. The molecular weight excluding hydrogens is 1560 g/mol. The molecule has 0 spiro atoms. The lowest BCUT2D eigenvalue weighted by Gasteiger charge is -2.32. The lowest BCUT2D eigenvalue weighted by molar-refractivity contribution is 0.415. The third-order valence-corrected chi connectivity index (χ3v) is 25.3. The summed E-state index contributed by atoms with van der Waals surface area (Å²) >= 11 is 3.69. The fourth-order valence-corrected chi connectivity index (χ4v) is 18.5. The van der Waals surface area contributed by atoms with Crippen LogP contribution in [0.3, 0.4) is 0 Å². The van der Waals surface area contributed by atoms with Crippen molar-refractivity contribution >= 4 is 124 Å². The number of hydrogen-bond acceptors (Lipinski definition) is 10. The number of methoxy groups -OCH3 is 2. The summed E-state index contributed by atoms with van der Waals surface area (Å²) in [4.78, 5) is 14.3. The van der Waals surface area contributed by atoms with Crippen LogP contribution in [0.2, 0.25) is 0 Å². The van der Waals surface area contributed by atoms with Crippen LogP contribution in [0.4, 0.5) is 56.9 Å². The minimum Gasteiger partial charge on any atom is -0.497 e. The van der Waals surface area contributed by atoms with E-state index >= 15 is 0 Å². The summed E-state index contributed by atoms with van der Waals surface area (Å²) in [5, 5.41) is 5.00. The molecule has 12 heteroatoms. The first-order valence-electron chi connectivity index (χ1n) is 42.2. The summed E-state index contributed by atoms with van der Waals surface area (Å²) in [7, 11) is 7.57. The molecule has 0 atom stereocenters. The molecule has 0 bridgehead atoms. The highest BCUT2D eigenvalue weighted by atomic mass is 32.2. The Hall–Kier alpha value is -13.8. The van der Waals surface area contributed by atoms with Crippen LogP contribution < -0.4 is 38.5 Å². The van der Waals surface area contributed by atoms with E-state index in [1.807, 2.05) is 108 Å². The van der Waals surface area contributed by atoms with Gasteiger partial charge in [-0.25, -0.2) is 0 Å². The maximum Gasteiger partial charge on any atom is 0.151 e. The number of nitrogens with zero attached hydrogens (tertiary/aromatic N) is 6. The molecule has 18 aromatic rings. The van der Waals surface area contributed by atoms with Gasteiger partial charge >= 0.3 is 0 Å². The zero-order valence-corrected chi connectivity index (χ0v) is 74.4. The van der Waals surface area contributed by atoms with E-state index in [1.165, 1.54) is 109 Å². The van der Waals surface area contributed by atoms with Crippen LogP contribution in [-0.2, 0) is 10.8 Å². The van der Waals surface area contributed by atoms with Gasteiger partial charge in [-0.05, 0) is 256 Å². The number of para-hydroxylation sites is 12. The van der Waals surface area contributed by atoms with Gasteiger partial charge < -0.3 is 47.7 Å². The van der Waals surface area contributed by atoms with Gasteiger partial charge in [-0.15, -0.1) is 0 Å². The summed E-state index contributed by atoms with van der Waals surface area (Å²) in [6.45, 7) is 22.2. The average Bonchev–Trinajstić information content (AvgIpc) is 1.57. The van der Waals surface area contributed by atoms with Gasteiger partial charge in [0, 0.05) is 78.0 Å². The summed E-state index contributed by atoms with van der Waals surface area (Å²) in [6, 6.07) is 128. The Kier molecular flexibility index (Phi) is 23.5. The molecule has 0 N–H and O–H groups in total. The van der Waals surface area contributed by atoms with Gasteiger partial charge in [0.2, 0.25) is 0 Å². The highest BCUT2D eigenvalue weighted by Gasteiger charge is 2.29. The number of fused-ring (bicyclic) bond motifs is 14. The zero-order chi connectivity index (χ0) is 85.9. The molecule has 0 unspecified atom stereocenters. The Morgan fingerprint density at radius 3 is 0.831 bits per heavy atom. The van der Waals surface area contributed by atoms with Gasteiger partial charge in [0.25, 0.3) is 0 Å². The first-order valence-corrected chi connectivity index (χ1v) is 43.8. The normalized spacial score (nSPS) is 12.4. The Morgan fingerprint density at radius 1 is 0.250 bits per heavy atom. The van der Waals surface area contributed by atoms with Crippen LogP contribution in [-0.4, -0.2) is 37.4 Å². The van der Waals surface area contributed by atoms with Crippen molar-refractivity contribution in [3.05, 3.63) is 397 Å². The summed E-state index contributed by atoms with van der Waals surface area (Å²) in [5.41, 5.74) is 27.1. The van der Waals surface area contributed by atoms with Crippen molar-refractivity contribution < 1.29 is 18.9 Å². The average molecular weight is 1660 g/mol. The molecule has 0 fully saturated rings. The fourth-order valence-electron chi connectivity index (χ4n) is 16.3. The zero-order valence-electron chi connectivity index (χ0n) is 72.8. The molecule has 0 saturated heterocycles. The molecule has 0 radical (unpaired) electrons. The van der Waals surface area contributed by atoms with Crippen molar-refractivity contribution in [2.45, 2.75) is 99.6 Å². The van der Waals surface area contributed by atoms with E-state index in [0.29, 0.717) is 0 Å². The van der Waals surface area contributed by atoms with Gasteiger partial charge in [-0.3, -0.25) is 0 Å². The number of anilines is 10. The van der Waals surface area contributed by atoms with E-state index in [0.717, 1.165) is 90.4 Å². The topological polar surface area (TPSA) is 59.7 Å². The lowest BCUT2D eigenvalue weighted by Crippen LogP contribution is -2.15. The van der Waals surface area contributed by atoms with Gasteiger partial charge in [-0.1, -0.05) is 245 Å². The molecule has 16 aromatic carbocycles. The van der Waals surface area contributed by atoms with Crippen LogP contribution in [0, 0.1) is 27.7 Å². The Morgan fingerprint density at radius 2 is 0.500 bits per heavy atom. The van der Waals surface area contributed by atoms with Crippen molar-refractivity contribution in [3.8, 4) is 45.9 Å². The second kappa shape index (κ2) is 35.4. The van der Waals surface area contributed by atoms with Gasteiger partial charge in [0.15, 0.2) is 23.0 Å². The van der Waals surface area contributed by atoms with Crippen LogP contribution in [0.5, 0.6) is 34.5 Å². The standard InChI is InChI=1S/C27H31N.C21H19NO2.C19H15NO.C19H15NS.C13H11NO.C13H11NS/c1-18-8-12-21(13-9-18)28-24-14-10-19(26(2,3)4)16-22(24)23-17-20(27(5,6)7)11-15-25(23)28;1-14-4-6-15(7-5-14)22-20-10-8-16(23-2)12-18(20)19-13-17(24-3)9-11-21(19)22;2*1-14-10-12-15(13-11-14)20-16-6-2-4-8-18(16)21-19-9-5-3-7-17(19)20;2*1-14-10-6-2-4-8-12(10)15-13-9-5-3-7-11(13)14/h8-17H,1-7H3;4-13H,1-3H3;2*2-13H,1H3;2*2-9H,1H3. The van der Waals surface area contributed by atoms with Crippen molar-refractivity contribution in [3.63, 3.8) is 0 Å². The molecule has 6 heterocycles. The van der Waals surface area contributed by atoms with Crippen LogP contribution in [0.15, 0.2) is 384 Å². The quantitative estimate of drug-likeness (QED) is 0.161. The second-order valence-corrected chi connectivity index (χ2v) is 35.8. The fraction of sp³-hybridized carbons (Fsp3) is 0.143. The molecule has 2 aromatic heterocycles. The molecule has 4 aliphatic rings. The molecule has 22 rings (SSSR count). The minimum atomic E-state index is 0.133. The maximum absolute atomic E-state index is 6.01. The molecule has 0 saturated carbocycles. The Labute approximate surface area is 737 Å². The van der Waals surface area contributed by atoms with Gasteiger partial charge in [0.05, 0.1) is 81.8 Å². The largest absolute Gasteiger partial charge is 0.497 e. The molecular formula is C112H102N6O4S2. The summed E-state index contributed by atoms with van der Waals surface area (Å²) < 4.78 is 27.3. The van der Waals surface area contributed by atoms with E-state index in [1.54, 1.807) is 14.2 Å². The van der Waals surface area contributed by atoms with Crippen LogP contribution in [0.1, 0.15) is 74.9 Å². The van der Waals surface area contributed by atoms with Crippen molar-refractivity contribution in [2.75, 3.05) is 47.9 Å². The lowest BCUT2D eigenvalue weighted by atomic mass is 9.85. The van der Waals surface area contributed by atoms with E-state index in [9.17, 15) is 0 Å². The van der Waals surface area contributed by atoms with Crippen molar-refractivity contribution in [2.24, 2.45) is 0 Å². The number of ether oxygens (including phenoxy) is 4. The molecule has 124 heavy (non-hydrogen) atoms. The monoisotopic (exact) mass is 1660 g/mol. The molecule has 0 amide bonds. The third kappa shape index (κ3) is 17.0. The maximum atomic E-state index is 6.01. The minimum absolute atomic E-state index is 0.133. The summed E-state index contributed by atoms with van der Waals surface area (Å²) in [5.74, 6) is 5.31. The Bertz CT molecular complexity index is 6350. The van der Waals surface area contributed by atoms with E-state index in [-0.39, 0.29) is 10.8 Å². The van der Waals surface area contributed by atoms with Crippen molar-refractivity contribution in [1.29, 1.82) is 0 Å². The van der Waals surface area contributed by atoms with E-state index in [4.69, 9.17) is 18.9 Å². The highest BCUT2D eigenvalue weighted by Crippen LogP contribution is 2.54. The number of rotatable bonds is 6. The molecule has 0 aliphatic carbocycles. The van der Waals surface area contributed by atoms with Gasteiger partial charge in [-0.2, -0.15) is 0 Å². The predicted molar refractivity (Wildman–Crippen MR) is 524 cm³/mol. The predicted octanol–water partition coefficient (Wildman–Crippen LogP) is 31.8. The SMILES string of the molecule is CN1c2ccccc2Oc2ccccc21.CN1c2ccccc2Sc2ccccc21.COc1ccc2c(c1)c1cc(OC)ccc1n2-c1ccc(C)cc1.Cc1ccc(-n2c3ccc(C(C)(C)C)cc3c3cc(C(C)(C)C)ccc32)cc1.Cc1ccc(N2c3ccccc3Oc3ccccc32)cc1.Cc1ccc(N2c3ccccc3Sc3ccccc32)cc1. The van der Waals surface area contributed by atoms with E-state index in [2.05, 4.69) is 391 Å².